The van der Waals surface area contributed by atoms with Crippen LogP contribution < -0.4 is 10.5 Å². The number of amidine groups is 1. The number of halogens is 5. The average molecular weight is 441 g/mol. The highest BCUT2D eigenvalue weighted by molar-refractivity contribution is 6.31. The highest BCUT2D eigenvalue weighted by atomic mass is 35.5. The zero-order valence-corrected chi connectivity index (χ0v) is 15.8. The molecule has 0 fully saturated rings. The van der Waals surface area contributed by atoms with E-state index in [1.807, 2.05) is 0 Å². The summed E-state index contributed by atoms with van der Waals surface area (Å²) >= 11 is 5.81. The maximum atomic E-state index is 13.1. The third kappa shape index (κ3) is 5.57. The molecular weight excluding hydrogens is 428 g/mol. The maximum Gasteiger partial charge on any atom is 0.417 e. The van der Waals surface area contributed by atoms with E-state index in [0.29, 0.717) is 17.3 Å². The van der Waals surface area contributed by atoms with Crippen molar-refractivity contribution in [2.75, 3.05) is 0 Å². The van der Waals surface area contributed by atoms with E-state index in [9.17, 15) is 17.6 Å². The van der Waals surface area contributed by atoms with Gasteiger partial charge in [0.2, 0.25) is 5.88 Å². The molecule has 3 rings (SSSR count). The van der Waals surface area contributed by atoms with Gasteiger partial charge < -0.3 is 15.3 Å². The van der Waals surface area contributed by atoms with Crippen molar-refractivity contribution in [2.24, 2.45) is 10.9 Å². The molecule has 0 aliphatic heterocycles. The topological polar surface area (TPSA) is 82.6 Å². The predicted molar refractivity (Wildman–Crippen MR) is 100 cm³/mol. The van der Waals surface area contributed by atoms with E-state index < -0.39 is 17.6 Å². The molecule has 6 nitrogen and oxygen atoms in total. The highest BCUT2D eigenvalue weighted by Crippen LogP contribution is 2.34. The summed E-state index contributed by atoms with van der Waals surface area (Å²) in [5.41, 5.74) is 5.82. The first kappa shape index (κ1) is 21.3. The van der Waals surface area contributed by atoms with Crippen molar-refractivity contribution in [1.82, 2.24) is 9.97 Å². The Kier molecular flexibility index (Phi) is 6.36. The Bertz CT molecular complexity index is 1060. The molecule has 0 saturated carbocycles. The molecule has 0 radical (unpaired) electrons. The summed E-state index contributed by atoms with van der Waals surface area (Å²) in [7, 11) is 0. The van der Waals surface area contributed by atoms with Gasteiger partial charge in [0.25, 0.3) is 0 Å². The van der Waals surface area contributed by atoms with Crippen LogP contribution in [-0.2, 0) is 17.6 Å². The van der Waals surface area contributed by atoms with Crippen molar-refractivity contribution in [1.29, 1.82) is 0 Å². The Morgan fingerprint density at radius 2 is 1.83 bits per heavy atom. The third-order valence-electron chi connectivity index (χ3n) is 3.65. The molecule has 0 aliphatic carbocycles. The van der Waals surface area contributed by atoms with E-state index in [1.165, 1.54) is 24.4 Å². The van der Waals surface area contributed by atoms with Crippen LogP contribution in [0.5, 0.6) is 11.6 Å². The summed E-state index contributed by atoms with van der Waals surface area (Å²) in [4.78, 5) is 12.4. The van der Waals surface area contributed by atoms with Gasteiger partial charge in [-0.25, -0.2) is 9.37 Å². The fourth-order valence-corrected chi connectivity index (χ4v) is 2.43. The summed E-state index contributed by atoms with van der Waals surface area (Å²) in [6, 6.07) is 8.10. The first-order valence-corrected chi connectivity index (χ1v) is 8.66. The quantitative estimate of drug-likeness (QED) is 0.255. The Morgan fingerprint density at radius 1 is 1.10 bits per heavy atom. The van der Waals surface area contributed by atoms with E-state index in [0.717, 1.165) is 12.3 Å². The molecule has 1 aromatic carbocycles. The van der Waals surface area contributed by atoms with Crippen LogP contribution in [0.4, 0.5) is 17.6 Å². The number of hydrogen-bond acceptors (Lipinski definition) is 5. The molecule has 3 aromatic rings. The van der Waals surface area contributed by atoms with E-state index >= 15 is 0 Å². The Hall–Kier alpha value is -3.40. The van der Waals surface area contributed by atoms with Gasteiger partial charge in [0.05, 0.1) is 11.8 Å². The fourth-order valence-electron chi connectivity index (χ4n) is 2.22. The van der Waals surface area contributed by atoms with Crippen molar-refractivity contribution in [2.45, 2.75) is 12.8 Å². The molecule has 2 aromatic heterocycles. The molecule has 0 bridgehead atoms. The van der Waals surface area contributed by atoms with Crippen LogP contribution in [0.25, 0.3) is 0 Å². The summed E-state index contributed by atoms with van der Waals surface area (Å²) in [6.07, 6.45) is -1.42. The lowest BCUT2D eigenvalue weighted by Crippen LogP contribution is -2.13. The molecule has 0 atom stereocenters. The van der Waals surface area contributed by atoms with Gasteiger partial charge in [-0.2, -0.15) is 13.2 Å². The number of oxime groups is 1. The number of nitrogens with zero attached hydrogens (tertiary/aromatic N) is 3. The first-order valence-electron chi connectivity index (χ1n) is 8.28. The molecule has 0 amide bonds. The van der Waals surface area contributed by atoms with Crippen molar-refractivity contribution in [3.8, 4) is 11.6 Å². The van der Waals surface area contributed by atoms with Gasteiger partial charge in [-0.1, -0.05) is 16.8 Å². The summed E-state index contributed by atoms with van der Waals surface area (Å²) < 4.78 is 56.4. The van der Waals surface area contributed by atoms with Crippen LogP contribution in [-0.4, -0.2) is 15.8 Å². The zero-order chi connectivity index (χ0) is 21.7. The largest absolute Gasteiger partial charge is 0.438 e. The molecule has 0 unspecified atom stereocenters. The summed E-state index contributed by atoms with van der Waals surface area (Å²) in [5, 5.41) is 3.46. The van der Waals surface area contributed by atoms with Gasteiger partial charge in [0, 0.05) is 23.5 Å². The first-order chi connectivity index (χ1) is 14.2. The molecule has 30 heavy (non-hydrogen) atoms. The monoisotopic (exact) mass is 440 g/mol. The molecule has 0 saturated heterocycles. The predicted octanol–water partition coefficient (Wildman–Crippen LogP) is 4.92. The van der Waals surface area contributed by atoms with E-state index in [4.69, 9.17) is 26.9 Å². The maximum absolute atomic E-state index is 13.1. The van der Waals surface area contributed by atoms with E-state index in [2.05, 4.69) is 15.1 Å². The van der Waals surface area contributed by atoms with Crippen LogP contribution in [0.3, 0.4) is 0 Å². The Morgan fingerprint density at radius 3 is 2.47 bits per heavy atom. The molecular formula is C19H13ClF4N4O2. The van der Waals surface area contributed by atoms with Gasteiger partial charge in [0.1, 0.15) is 23.2 Å². The third-order valence-corrected chi connectivity index (χ3v) is 3.93. The number of pyridine rings is 2. The number of ether oxygens (including phenoxy) is 1. The van der Waals surface area contributed by atoms with Crippen molar-refractivity contribution < 1.29 is 27.1 Å². The second-order valence-electron chi connectivity index (χ2n) is 5.90. The highest BCUT2D eigenvalue weighted by Gasteiger charge is 2.31. The van der Waals surface area contributed by atoms with Gasteiger partial charge in [-0.15, -0.1) is 0 Å². The van der Waals surface area contributed by atoms with Crippen molar-refractivity contribution in [3.05, 3.63) is 82.5 Å². The zero-order valence-electron chi connectivity index (χ0n) is 15.0. The summed E-state index contributed by atoms with van der Waals surface area (Å²) in [6.45, 7) is -0.0231. The second kappa shape index (κ2) is 8.95. The minimum absolute atomic E-state index is 0.0231. The van der Waals surface area contributed by atoms with Crippen LogP contribution in [0.15, 0.2) is 60.1 Å². The Labute approximate surface area is 172 Å². The van der Waals surface area contributed by atoms with Gasteiger partial charge in [0.15, 0.2) is 5.84 Å². The molecule has 156 valence electrons. The van der Waals surface area contributed by atoms with E-state index in [-0.39, 0.29) is 29.1 Å². The lowest BCUT2D eigenvalue weighted by Gasteiger charge is -2.10. The van der Waals surface area contributed by atoms with Crippen molar-refractivity contribution in [3.63, 3.8) is 0 Å². The smallest absolute Gasteiger partial charge is 0.417 e. The number of hydrogen-bond donors (Lipinski definition) is 1. The molecule has 2 heterocycles. The Balaban J connectivity index is 1.63. The van der Waals surface area contributed by atoms with Crippen LogP contribution in [0.1, 0.15) is 16.7 Å². The normalized spacial score (nSPS) is 12.0. The second-order valence-corrected chi connectivity index (χ2v) is 6.30. The molecule has 2 N–H and O–H groups in total. The molecule has 0 aliphatic rings. The van der Waals surface area contributed by atoms with Crippen LogP contribution >= 0.6 is 11.6 Å². The number of alkyl halides is 3. The number of rotatable bonds is 6. The van der Waals surface area contributed by atoms with Crippen LogP contribution in [0.2, 0.25) is 5.02 Å². The van der Waals surface area contributed by atoms with Gasteiger partial charge >= 0.3 is 6.18 Å². The van der Waals surface area contributed by atoms with Crippen LogP contribution in [0, 0.1) is 5.82 Å². The minimum atomic E-state index is -4.55. The van der Waals surface area contributed by atoms with Gasteiger partial charge in [-0.05, 0) is 36.4 Å². The van der Waals surface area contributed by atoms with E-state index in [1.54, 1.807) is 12.1 Å². The number of nitrogens with two attached hydrogens (primary N) is 1. The molecule has 11 heteroatoms. The number of benzene rings is 1. The SMILES string of the molecule is N/C(=N\OCc1cncc(F)c1)c1ccc(Oc2ncc(C(F)(F)F)cc2Cl)cc1. The lowest BCUT2D eigenvalue weighted by atomic mass is 10.2. The van der Waals surface area contributed by atoms with Crippen molar-refractivity contribution >= 4 is 17.4 Å². The lowest BCUT2D eigenvalue weighted by molar-refractivity contribution is -0.137. The minimum Gasteiger partial charge on any atom is -0.438 e. The molecule has 0 spiro atoms. The average Bonchev–Trinajstić information content (AvgIpc) is 2.69. The standard InChI is InChI=1S/C19H13ClF4N4O2/c20-16-6-13(19(22,23)24)8-27-18(16)30-15-3-1-12(2-4-15)17(25)28-29-10-11-5-14(21)9-26-7-11/h1-9H,10H2,(H2,25,28). The fraction of sp³-hybridized carbons (Fsp3) is 0.105. The summed E-state index contributed by atoms with van der Waals surface area (Å²) in [5.74, 6) is -0.346. The van der Waals surface area contributed by atoms with Gasteiger partial charge in [-0.3, -0.25) is 4.98 Å². The number of aromatic nitrogens is 2.